The van der Waals surface area contributed by atoms with E-state index in [-0.39, 0.29) is 12.1 Å². The molecule has 1 rings (SSSR count). The lowest BCUT2D eigenvalue weighted by Crippen LogP contribution is -2.39. The van der Waals surface area contributed by atoms with Crippen molar-refractivity contribution >= 4 is 11.6 Å². The minimum Gasteiger partial charge on any atom is -0.330 e. The number of alkyl halides is 3. The van der Waals surface area contributed by atoms with E-state index in [2.05, 4.69) is 0 Å². The summed E-state index contributed by atoms with van der Waals surface area (Å²) in [5, 5.41) is 10.7. The topological polar surface area (TPSA) is 63.5 Å². The fourth-order valence-corrected chi connectivity index (χ4v) is 1.73. The molecule has 0 saturated carbocycles. The van der Waals surface area contributed by atoms with E-state index in [4.69, 9.17) is 0 Å². The second-order valence-electron chi connectivity index (χ2n) is 4.32. The number of carbonyl (C=O) groups excluding carboxylic acids is 1. The number of amides is 1. The van der Waals surface area contributed by atoms with E-state index in [9.17, 15) is 32.5 Å². The van der Waals surface area contributed by atoms with E-state index in [0.717, 1.165) is 6.07 Å². The molecule has 0 aromatic heterocycles. The minimum absolute atomic E-state index is 0.185. The third-order valence-electron chi connectivity index (χ3n) is 2.72. The first-order valence-electron chi connectivity index (χ1n) is 5.87. The van der Waals surface area contributed by atoms with Crippen molar-refractivity contribution in [2.45, 2.75) is 20.0 Å². The van der Waals surface area contributed by atoms with Gasteiger partial charge in [-0.05, 0) is 19.4 Å². The zero-order chi connectivity index (χ0) is 16.4. The summed E-state index contributed by atoms with van der Waals surface area (Å²) in [6, 6.07) is 1.55. The molecule has 0 bridgehead atoms. The summed E-state index contributed by atoms with van der Waals surface area (Å²) in [7, 11) is 0. The van der Waals surface area contributed by atoms with Gasteiger partial charge in [-0.1, -0.05) is 0 Å². The molecule has 21 heavy (non-hydrogen) atoms. The second kappa shape index (κ2) is 6.06. The van der Waals surface area contributed by atoms with Gasteiger partial charge in [-0.25, -0.2) is 4.39 Å². The average molecular weight is 308 g/mol. The number of rotatable bonds is 4. The number of benzene rings is 1. The van der Waals surface area contributed by atoms with Crippen LogP contribution in [-0.2, 0) is 0 Å². The zero-order valence-electron chi connectivity index (χ0n) is 11.2. The Labute approximate surface area is 117 Å². The first-order chi connectivity index (χ1) is 9.56. The fourth-order valence-electron chi connectivity index (χ4n) is 1.73. The van der Waals surface area contributed by atoms with E-state index in [0.29, 0.717) is 11.0 Å². The molecule has 116 valence electrons. The van der Waals surface area contributed by atoms with Crippen LogP contribution in [0.2, 0.25) is 0 Å². The molecule has 0 radical (unpaired) electrons. The maximum absolute atomic E-state index is 13.9. The fraction of sp³-hybridized carbons (Fsp3) is 0.417. The van der Waals surface area contributed by atoms with Gasteiger partial charge in [0.2, 0.25) is 0 Å². The summed E-state index contributed by atoms with van der Waals surface area (Å²) in [4.78, 5) is 22.2. The van der Waals surface area contributed by atoms with Crippen LogP contribution in [0, 0.1) is 22.9 Å². The molecular weight excluding hydrogens is 296 g/mol. The van der Waals surface area contributed by atoms with E-state index in [1.165, 1.54) is 13.8 Å². The quantitative estimate of drug-likeness (QED) is 0.488. The van der Waals surface area contributed by atoms with Crippen molar-refractivity contribution in [1.29, 1.82) is 0 Å². The number of aryl methyl sites for hydroxylation is 1. The maximum Gasteiger partial charge on any atom is 0.406 e. The maximum atomic E-state index is 13.9. The second-order valence-corrected chi connectivity index (χ2v) is 4.32. The molecule has 0 aliphatic carbocycles. The predicted molar refractivity (Wildman–Crippen MR) is 65.4 cm³/mol. The molecule has 1 aromatic carbocycles. The first kappa shape index (κ1) is 16.9. The van der Waals surface area contributed by atoms with E-state index < -0.39 is 40.6 Å². The van der Waals surface area contributed by atoms with Crippen molar-refractivity contribution < 1.29 is 27.3 Å². The van der Waals surface area contributed by atoms with Gasteiger partial charge in [0.05, 0.1) is 10.5 Å². The summed E-state index contributed by atoms with van der Waals surface area (Å²) in [6.45, 7) is 0.633. The van der Waals surface area contributed by atoms with Gasteiger partial charge in [-0.2, -0.15) is 13.2 Å². The molecule has 9 heteroatoms. The molecule has 1 aromatic rings. The molecule has 0 atom stereocenters. The van der Waals surface area contributed by atoms with Crippen LogP contribution in [0.4, 0.5) is 23.2 Å². The first-order valence-corrected chi connectivity index (χ1v) is 5.87. The SMILES string of the molecule is CCN(CC(F)(F)F)C(=O)c1cc([N+](=O)[O-])cc(C)c1F. The third kappa shape index (κ3) is 4.14. The van der Waals surface area contributed by atoms with E-state index >= 15 is 0 Å². The van der Waals surface area contributed by atoms with Crippen molar-refractivity contribution in [1.82, 2.24) is 4.90 Å². The summed E-state index contributed by atoms with van der Waals surface area (Å²) < 4.78 is 51.0. The summed E-state index contributed by atoms with van der Waals surface area (Å²) in [6.07, 6.45) is -4.64. The number of hydrogen-bond acceptors (Lipinski definition) is 3. The van der Waals surface area contributed by atoms with Crippen molar-refractivity contribution in [2.75, 3.05) is 13.1 Å². The number of non-ortho nitro benzene ring substituents is 1. The van der Waals surface area contributed by atoms with Crippen molar-refractivity contribution in [3.05, 3.63) is 39.2 Å². The van der Waals surface area contributed by atoms with Crippen molar-refractivity contribution in [3.8, 4) is 0 Å². The average Bonchev–Trinajstić information content (AvgIpc) is 2.36. The van der Waals surface area contributed by atoms with Gasteiger partial charge in [0, 0.05) is 18.7 Å². The predicted octanol–water partition coefficient (Wildman–Crippen LogP) is 3.07. The Balaban J connectivity index is 3.25. The van der Waals surface area contributed by atoms with Gasteiger partial charge in [-0.3, -0.25) is 14.9 Å². The standard InChI is InChI=1S/C12H12F4N2O3/c1-3-17(6-12(14,15)16)11(19)9-5-8(18(20)21)4-7(2)10(9)13/h4-5H,3,6H2,1-2H3. The Morgan fingerprint density at radius 1 is 1.38 bits per heavy atom. The lowest BCUT2D eigenvalue weighted by molar-refractivity contribution is -0.385. The molecule has 0 N–H and O–H groups in total. The van der Waals surface area contributed by atoms with E-state index in [1.54, 1.807) is 0 Å². The normalized spacial score (nSPS) is 11.3. The van der Waals surface area contributed by atoms with Crippen LogP contribution in [0.3, 0.4) is 0 Å². The van der Waals surface area contributed by atoms with Crippen LogP contribution < -0.4 is 0 Å². The number of halogens is 4. The Kier molecular flexibility index (Phi) is 4.87. The minimum atomic E-state index is -4.64. The molecule has 5 nitrogen and oxygen atoms in total. The smallest absolute Gasteiger partial charge is 0.330 e. The number of carbonyl (C=O) groups is 1. The molecule has 0 aliphatic heterocycles. The highest BCUT2D eigenvalue weighted by Gasteiger charge is 2.34. The highest BCUT2D eigenvalue weighted by atomic mass is 19.4. The highest BCUT2D eigenvalue weighted by molar-refractivity contribution is 5.95. The number of hydrogen-bond donors (Lipinski definition) is 0. The molecule has 1 amide bonds. The molecular formula is C12H12F4N2O3. The summed E-state index contributed by atoms with van der Waals surface area (Å²) in [5.74, 6) is -2.30. The van der Waals surface area contributed by atoms with Crippen LogP contribution >= 0.6 is 0 Å². The van der Waals surface area contributed by atoms with Gasteiger partial charge in [0.1, 0.15) is 12.4 Å². The lowest BCUT2D eigenvalue weighted by Gasteiger charge is -2.22. The summed E-state index contributed by atoms with van der Waals surface area (Å²) in [5.41, 5.74) is -1.48. The molecule has 0 fully saturated rings. The number of nitrogens with zero attached hydrogens (tertiary/aromatic N) is 2. The van der Waals surface area contributed by atoms with Gasteiger partial charge >= 0.3 is 6.18 Å². The van der Waals surface area contributed by atoms with Crippen molar-refractivity contribution in [2.24, 2.45) is 0 Å². The molecule has 0 spiro atoms. The summed E-state index contributed by atoms with van der Waals surface area (Å²) >= 11 is 0. The Bertz CT molecular complexity index is 572. The van der Waals surface area contributed by atoms with Crippen molar-refractivity contribution in [3.63, 3.8) is 0 Å². The Morgan fingerprint density at radius 3 is 2.38 bits per heavy atom. The van der Waals surface area contributed by atoms with Gasteiger partial charge < -0.3 is 4.90 Å². The highest BCUT2D eigenvalue weighted by Crippen LogP contribution is 2.24. The number of nitro groups is 1. The van der Waals surface area contributed by atoms with Crippen LogP contribution in [0.15, 0.2) is 12.1 Å². The largest absolute Gasteiger partial charge is 0.406 e. The van der Waals surface area contributed by atoms with Gasteiger partial charge in [0.15, 0.2) is 0 Å². The van der Waals surface area contributed by atoms with Crippen LogP contribution in [0.25, 0.3) is 0 Å². The Hall–Kier alpha value is -2.19. The Morgan fingerprint density at radius 2 is 1.95 bits per heavy atom. The van der Waals surface area contributed by atoms with Crippen LogP contribution in [0.1, 0.15) is 22.8 Å². The van der Waals surface area contributed by atoms with Crippen LogP contribution in [-0.4, -0.2) is 35.0 Å². The van der Waals surface area contributed by atoms with Gasteiger partial charge in [0.25, 0.3) is 11.6 Å². The molecule has 0 heterocycles. The lowest BCUT2D eigenvalue weighted by atomic mass is 10.1. The molecule has 0 unspecified atom stereocenters. The van der Waals surface area contributed by atoms with Crippen LogP contribution in [0.5, 0.6) is 0 Å². The third-order valence-corrected chi connectivity index (χ3v) is 2.72. The van der Waals surface area contributed by atoms with E-state index in [1.807, 2.05) is 0 Å². The van der Waals surface area contributed by atoms with Gasteiger partial charge in [-0.15, -0.1) is 0 Å². The zero-order valence-corrected chi connectivity index (χ0v) is 11.2. The molecule has 0 aliphatic rings. The monoisotopic (exact) mass is 308 g/mol. The molecule has 0 saturated heterocycles. The number of nitro benzene ring substituents is 1.